The molecule has 2 aromatic carbocycles. The third kappa shape index (κ3) is 11.9. The Morgan fingerprint density at radius 2 is 1.11 bits per heavy atom. The molecule has 0 unspecified atom stereocenters. The van der Waals surface area contributed by atoms with Gasteiger partial charge in [-0.25, -0.2) is 9.59 Å². The quantitative estimate of drug-likeness (QED) is 0.104. The van der Waals surface area contributed by atoms with Gasteiger partial charge in [0.05, 0.1) is 27.4 Å². The van der Waals surface area contributed by atoms with Crippen molar-refractivity contribution in [1.29, 1.82) is 0 Å². The molecule has 288 valence electrons. The van der Waals surface area contributed by atoms with Gasteiger partial charge in [0, 0.05) is 69.5 Å². The van der Waals surface area contributed by atoms with Crippen molar-refractivity contribution < 1.29 is 42.1 Å². The van der Waals surface area contributed by atoms with Gasteiger partial charge in [-0.05, 0) is 60.4 Å². The molecule has 0 atom stereocenters. The summed E-state index contributed by atoms with van der Waals surface area (Å²) in [6.07, 6.45) is 1.50. The second kappa shape index (κ2) is 20.7. The van der Waals surface area contributed by atoms with E-state index in [-0.39, 0.29) is 29.1 Å². The van der Waals surface area contributed by atoms with Gasteiger partial charge in [0.2, 0.25) is 5.91 Å². The number of hydrogen-bond acceptors (Lipinski definition) is 12. The van der Waals surface area contributed by atoms with E-state index < -0.39 is 11.3 Å². The first-order valence-corrected chi connectivity index (χ1v) is 17.3. The second-order valence-electron chi connectivity index (χ2n) is 12.6. The molecule has 2 heterocycles. The topological polar surface area (TPSA) is 171 Å². The molecule has 1 amide bonds. The number of nitrogens with one attached hydrogen (secondary N) is 1. The molecule has 0 radical (unpaired) electrons. The summed E-state index contributed by atoms with van der Waals surface area (Å²) in [4.78, 5) is 35.5. The van der Waals surface area contributed by atoms with Crippen LogP contribution >= 0.6 is 0 Å². The highest BCUT2D eigenvalue weighted by atomic mass is 16.5. The van der Waals surface area contributed by atoms with Crippen LogP contribution in [0.15, 0.2) is 67.0 Å². The molecule has 0 aliphatic carbocycles. The molecule has 13 nitrogen and oxygen atoms in total. The third-order valence-electron chi connectivity index (χ3n) is 7.89. The molecule has 4 rings (SSSR count). The molecule has 0 saturated heterocycles. The van der Waals surface area contributed by atoms with Crippen molar-refractivity contribution in [2.24, 2.45) is 0 Å². The van der Waals surface area contributed by atoms with E-state index in [1.54, 1.807) is 58.8 Å². The Morgan fingerprint density at radius 1 is 0.660 bits per heavy atom. The van der Waals surface area contributed by atoms with E-state index in [9.17, 15) is 14.4 Å². The molecular formula is C40H52N2O11. The maximum atomic E-state index is 12.3. The summed E-state index contributed by atoms with van der Waals surface area (Å²) in [6.45, 7) is 11.5. The number of carbonyl (C=O) groups excluding carboxylic acids is 1. The number of amides is 1. The van der Waals surface area contributed by atoms with Crippen molar-refractivity contribution in [2.75, 3.05) is 65.9 Å². The minimum Gasteiger partial charge on any atom is -0.493 e. The normalized spacial score (nSPS) is 10.8. The Labute approximate surface area is 310 Å². The van der Waals surface area contributed by atoms with Crippen molar-refractivity contribution in [1.82, 2.24) is 0 Å². The van der Waals surface area contributed by atoms with Gasteiger partial charge in [0.15, 0.2) is 23.0 Å². The monoisotopic (exact) mass is 736 g/mol. The van der Waals surface area contributed by atoms with Crippen LogP contribution in [0.2, 0.25) is 0 Å². The Bertz CT molecular complexity index is 1910. The lowest BCUT2D eigenvalue weighted by Crippen LogP contribution is -2.16. The number of hydrogen-bond donors (Lipinski definition) is 2. The molecule has 3 N–H and O–H groups in total. The number of carbonyl (C=O) groups is 1. The number of benzene rings is 2. The lowest BCUT2D eigenvalue weighted by Gasteiger charge is -2.15. The van der Waals surface area contributed by atoms with E-state index in [4.69, 9.17) is 43.0 Å². The van der Waals surface area contributed by atoms with Crippen LogP contribution in [0.3, 0.4) is 0 Å². The van der Waals surface area contributed by atoms with E-state index in [2.05, 4.69) is 5.32 Å². The van der Waals surface area contributed by atoms with Gasteiger partial charge in [-0.15, -0.1) is 0 Å². The van der Waals surface area contributed by atoms with E-state index in [1.807, 2.05) is 45.9 Å². The molecule has 0 saturated carbocycles. The van der Waals surface area contributed by atoms with Crippen molar-refractivity contribution >= 4 is 17.3 Å². The van der Waals surface area contributed by atoms with Crippen molar-refractivity contribution in [3.63, 3.8) is 0 Å². The highest BCUT2D eigenvalue weighted by Crippen LogP contribution is 2.37. The lowest BCUT2D eigenvalue weighted by atomic mass is 9.97. The standard InChI is InChI=1S/C21H27NO6.C19H25NO5/c1-13(2)16-12-17(22-14(3)23)21(24)28-20(16)15-7-8-18(26-5)19(11-15)27-10-6-9-25-4;1-12(2)14-11-15(20)19(21)25-18(14)13-6-7-16(23-4)17(10-13)24-9-5-8-22-3/h7-8,11-13H,6,9-10H2,1-5H3,(H,22,23);6-7,10-12H,5,8-9,20H2,1-4H3. The number of nitrogen functional groups attached to an aromatic ring is 1. The molecule has 0 spiro atoms. The molecule has 53 heavy (non-hydrogen) atoms. The molecule has 2 aromatic heterocycles. The number of nitrogens with two attached hydrogens (primary N) is 1. The summed E-state index contributed by atoms with van der Waals surface area (Å²) in [7, 11) is 6.44. The van der Waals surface area contributed by atoms with E-state index in [1.165, 1.54) is 6.92 Å². The largest absolute Gasteiger partial charge is 0.493 e. The first kappa shape index (κ1) is 42.1. The number of anilines is 2. The van der Waals surface area contributed by atoms with Crippen LogP contribution in [0.4, 0.5) is 11.4 Å². The number of ether oxygens (including phenoxy) is 6. The SMILES string of the molecule is COCCCOc1cc(-c2oc(=O)c(N)cc2C(C)C)ccc1OC.COCCCOc1cc(-c2oc(=O)c(NC(C)=O)cc2C(C)C)ccc1OC. The zero-order chi connectivity index (χ0) is 39.1. The van der Waals surface area contributed by atoms with Gasteiger partial charge in [0.25, 0.3) is 0 Å². The molecule has 13 heteroatoms. The van der Waals surface area contributed by atoms with Gasteiger partial charge in [-0.3, -0.25) is 4.79 Å². The van der Waals surface area contributed by atoms with Crippen LogP contribution in [0.5, 0.6) is 23.0 Å². The van der Waals surface area contributed by atoms with Crippen LogP contribution in [0, 0.1) is 0 Å². The molecule has 0 aliphatic rings. The van der Waals surface area contributed by atoms with E-state index >= 15 is 0 Å². The van der Waals surface area contributed by atoms with E-state index in [0.29, 0.717) is 66.5 Å². The van der Waals surface area contributed by atoms with Crippen LogP contribution < -0.4 is 41.2 Å². The minimum absolute atomic E-state index is 0.0695. The predicted molar refractivity (Wildman–Crippen MR) is 205 cm³/mol. The zero-order valence-corrected chi connectivity index (χ0v) is 32.1. The fourth-order valence-corrected chi connectivity index (χ4v) is 5.21. The van der Waals surface area contributed by atoms with E-state index in [0.717, 1.165) is 29.5 Å². The summed E-state index contributed by atoms with van der Waals surface area (Å²) in [5.41, 5.74) is 7.91. The minimum atomic E-state index is -0.604. The lowest BCUT2D eigenvalue weighted by molar-refractivity contribution is -0.114. The smallest absolute Gasteiger partial charge is 0.360 e. The van der Waals surface area contributed by atoms with Crippen LogP contribution in [0.25, 0.3) is 22.6 Å². The van der Waals surface area contributed by atoms with Crippen LogP contribution in [0.1, 0.15) is 70.4 Å². The van der Waals surface area contributed by atoms with Gasteiger partial charge in [-0.1, -0.05) is 27.7 Å². The second-order valence-corrected chi connectivity index (χ2v) is 12.6. The first-order chi connectivity index (χ1) is 25.3. The number of rotatable bonds is 17. The fourth-order valence-electron chi connectivity index (χ4n) is 5.21. The van der Waals surface area contributed by atoms with Crippen molar-refractivity contribution in [3.8, 4) is 45.6 Å². The number of methoxy groups -OCH3 is 4. The van der Waals surface area contributed by atoms with Crippen molar-refractivity contribution in [3.05, 3.63) is 80.5 Å². The maximum Gasteiger partial charge on any atom is 0.360 e. The third-order valence-corrected chi connectivity index (χ3v) is 7.89. The summed E-state index contributed by atoms with van der Waals surface area (Å²) in [5.74, 6) is 3.18. The molecule has 0 bridgehead atoms. The Hall–Kier alpha value is -5.27. The highest BCUT2D eigenvalue weighted by Gasteiger charge is 2.19. The summed E-state index contributed by atoms with van der Waals surface area (Å²) >= 11 is 0. The zero-order valence-electron chi connectivity index (χ0n) is 32.1. The molecule has 0 fully saturated rings. The molecule has 0 aliphatic heterocycles. The van der Waals surface area contributed by atoms with Gasteiger partial charge in [0.1, 0.15) is 22.9 Å². The Morgan fingerprint density at radius 3 is 1.53 bits per heavy atom. The molecular weight excluding hydrogens is 684 g/mol. The summed E-state index contributed by atoms with van der Waals surface area (Å²) < 4.78 is 43.4. The fraction of sp³-hybridized carbons (Fsp3) is 0.425. The first-order valence-electron chi connectivity index (χ1n) is 17.3. The predicted octanol–water partition coefficient (Wildman–Crippen LogP) is 7.25. The van der Waals surface area contributed by atoms with Crippen LogP contribution in [-0.2, 0) is 14.3 Å². The average molecular weight is 737 g/mol. The Balaban J connectivity index is 0.000000287. The van der Waals surface area contributed by atoms with Gasteiger partial charge < -0.3 is 48.3 Å². The Kier molecular flexibility index (Phi) is 16.5. The van der Waals surface area contributed by atoms with Gasteiger partial charge >= 0.3 is 11.3 Å². The average Bonchev–Trinajstić information content (AvgIpc) is 3.13. The molecule has 4 aromatic rings. The van der Waals surface area contributed by atoms with Crippen molar-refractivity contribution in [2.45, 2.75) is 59.3 Å². The van der Waals surface area contributed by atoms with Crippen LogP contribution in [-0.4, -0.2) is 60.8 Å². The summed E-state index contributed by atoms with van der Waals surface area (Å²) in [5, 5.41) is 2.51. The van der Waals surface area contributed by atoms with Gasteiger partial charge in [-0.2, -0.15) is 0 Å². The maximum absolute atomic E-state index is 12.3. The highest BCUT2D eigenvalue weighted by molar-refractivity contribution is 5.88. The summed E-state index contributed by atoms with van der Waals surface area (Å²) in [6, 6.07) is 14.1.